The molecular weight excluding hydrogens is 220 g/mol. The van der Waals surface area contributed by atoms with Crippen LogP contribution in [0.5, 0.6) is 0 Å². The molecule has 0 radical (unpaired) electrons. The van der Waals surface area contributed by atoms with Crippen molar-refractivity contribution in [2.75, 3.05) is 0 Å². The zero-order valence-electron chi connectivity index (χ0n) is 10.8. The molecule has 17 heavy (non-hydrogen) atoms. The Labute approximate surface area is 102 Å². The molecule has 3 heteroatoms. The topological polar surface area (TPSA) is 26.0 Å². The summed E-state index contributed by atoms with van der Waals surface area (Å²) in [4.78, 5) is 0. The minimum Gasteiger partial charge on any atom is -0.327 e. The lowest BCUT2D eigenvalue weighted by Gasteiger charge is -2.27. The normalized spacial score (nSPS) is 13.8. The Kier molecular flexibility index (Phi) is 4.63. The van der Waals surface area contributed by atoms with Crippen LogP contribution in [-0.4, -0.2) is 6.04 Å². The lowest BCUT2D eigenvalue weighted by molar-refractivity contribution is 0.300. The van der Waals surface area contributed by atoms with Crippen LogP contribution in [0.2, 0.25) is 0 Å². The van der Waals surface area contributed by atoms with E-state index >= 15 is 0 Å². The first-order chi connectivity index (χ1) is 7.82. The predicted molar refractivity (Wildman–Crippen MR) is 66.7 cm³/mol. The van der Waals surface area contributed by atoms with Gasteiger partial charge in [0.2, 0.25) is 0 Å². The Morgan fingerprint density at radius 3 is 2.18 bits per heavy atom. The molecule has 1 nitrogen and oxygen atoms in total. The van der Waals surface area contributed by atoms with Gasteiger partial charge in [0.05, 0.1) is 0 Å². The number of halogens is 2. The highest BCUT2D eigenvalue weighted by atomic mass is 19.1. The molecule has 0 heterocycles. The molecule has 1 rings (SSSR count). The third kappa shape index (κ3) is 4.08. The first kappa shape index (κ1) is 14.1. The van der Waals surface area contributed by atoms with E-state index in [9.17, 15) is 8.78 Å². The van der Waals surface area contributed by atoms with Crippen molar-refractivity contribution in [1.29, 1.82) is 0 Å². The second kappa shape index (κ2) is 5.58. The summed E-state index contributed by atoms with van der Waals surface area (Å²) in [5, 5.41) is 0. The van der Waals surface area contributed by atoms with Gasteiger partial charge in [-0.15, -0.1) is 0 Å². The summed E-state index contributed by atoms with van der Waals surface area (Å²) >= 11 is 0. The van der Waals surface area contributed by atoms with Crippen molar-refractivity contribution >= 4 is 0 Å². The molecule has 0 aromatic heterocycles. The fourth-order valence-electron chi connectivity index (χ4n) is 1.70. The molecule has 0 aliphatic heterocycles. The lowest BCUT2D eigenvalue weighted by atomic mass is 9.84. The zero-order valence-corrected chi connectivity index (χ0v) is 10.8. The van der Waals surface area contributed by atoms with Gasteiger partial charge in [-0.1, -0.05) is 26.8 Å². The van der Waals surface area contributed by atoms with Crippen LogP contribution in [0, 0.1) is 17.0 Å². The molecule has 0 aliphatic carbocycles. The lowest BCUT2D eigenvalue weighted by Crippen LogP contribution is -2.34. The van der Waals surface area contributed by atoms with E-state index in [-0.39, 0.29) is 17.0 Å². The maximum absolute atomic E-state index is 13.3. The summed E-state index contributed by atoms with van der Waals surface area (Å²) in [5.74, 6) is -0.927. The summed E-state index contributed by atoms with van der Waals surface area (Å²) < 4.78 is 26.7. The van der Waals surface area contributed by atoms with Crippen molar-refractivity contribution in [2.45, 2.75) is 46.1 Å². The third-order valence-corrected chi connectivity index (χ3v) is 3.12. The number of nitrogens with two attached hydrogens (primary N) is 1. The minimum atomic E-state index is -0.464. The van der Waals surface area contributed by atoms with Gasteiger partial charge in [-0.3, -0.25) is 0 Å². The van der Waals surface area contributed by atoms with Gasteiger partial charge in [-0.2, -0.15) is 0 Å². The Morgan fingerprint density at radius 1 is 1.18 bits per heavy atom. The summed E-state index contributed by atoms with van der Waals surface area (Å²) in [6.45, 7) is 6.21. The van der Waals surface area contributed by atoms with Gasteiger partial charge < -0.3 is 5.73 Å². The molecule has 0 saturated heterocycles. The van der Waals surface area contributed by atoms with E-state index in [4.69, 9.17) is 5.73 Å². The van der Waals surface area contributed by atoms with Crippen molar-refractivity contribution in [3.63, 3.8) is 0 Å². The number of benzene rings is 1. The smallest absolute Gasteiger partial charge is 0.129 e. The van der Waals surface area contributed by atoms with Crippen LogP contribution in [0.4, 0.5) is 8.78 Å². The van der Waals surface area contributed by atoms with Gasteiger partial charge in [-0.05, 0) is 36.8 Å². The van der Waals surface area contributed by atoms with Crippen molar-refractivity contribution in [2.24, 2.45) is 11.1 Å². The van der Waals surface area contributed by atoms with Gasteiger partial charge in [0.25, 0.3) is 0 Å². The van der Waals surface area contributed by atoms with E-state index in [1.165, 1.54) is 18.2 Å². The predicted octanol–water partition coefficient (Wildman–Crippen LogP) is 3.66. The first-order valence-electron chi connectivity index (χ1n) is 6.01. The standard InChI is InChI=1S/C14H21F2N/c1-14(2,3)13(17)9-4-6-10-11(15)7-5-8-12(10)16/h5,7-8,13H,4,6,9,17H2,1-3H3. The van der Waals surface area contributed by atoms with Gasteiger partial charge in [0, 0.05) is 11.6 Å². The molecule has 1 aromatic carbocycles. The molecule has 0 bridgehead atoms. The molecular formula is C14H21F2N. The van der Waals surface area contributed by atoms with Crippen LogP contribution >= 0.6 is 0 Å². The van der Waals surface area contributed by atoms with Gasteiger partial charge >= 0.3 is 0 Å². The minimum absolute atomic E-state index is 0.0355. The molecule has 1 aromatic rings. The van der Waals surface area contributed by atoms with Crippen LogP contribution in [0.25, 0.3) is 0 Å². The van der Waals surface area contributed by atoms with E-state index < -0.39 is 11.6 Å². The van der Waals surface area contributed by atoms with Gasteiger partial charge in [0.15, 0.2) is 0 Å². The molecule has 0 aliphatic rings. The number of hydrogen-bond acceptors (Lipinski definition) is 1. The summed E-state index contributed by atoms with van der Waals surface area (Å²) in [6, 6.07) is 4.02. The molecule has 0 saturated carbocycles. The monoisotopic (exact) mass is 241 g/mol. The number of hydrogen-bond donors (Lipinski definition) is 1. The van der Waals surface area contributed by atoms with Crippen molar-refractivity contribution in [3.05, 3.63) is 35.4 Å². The maximum atomic E-state index is 13.3. The van der Waals surface area contributed by atoms with Crippen LogP contribution < -0.4 is 5.73 Å². The molecule has 0 amide bonds. The third-order valence-electron chi connectivity index (χ3n) is 3.12. The Morgan fingerprint density at radius 2 is 1.71 bits per heavy atom. The molecule has 2 N–H and O–H groups in total. The molecule has 1 unspecified atom stereocenters. The Bertz CT molecular complexity index is 349. The van der Waals surface area contributed by atoms with Crippen molar-refractivity contribution in [1.82, 2.24) is 0 Å². The van der Waals surface area contributed by atoms with E-state index in [0.29, 0.717) is 12.8 Å². The second-order valence-corrected chi connectivity index (χ2v) is 5.56. The Balaban J connectivity index is 2.52. The Hall–Kier alpha value is -0.960. The molecule has 1 atom stereocenters. The highest BCUT2D eigenvalue weighted by Crippen LogP contribution is 2.22. The maximum Gasteiger partial charge on any atom is 0.129 e. The van der Waals surface area contributed by atoms with Gasteiger partial charge in [-0.25, -0.2) is 8.78 Å². The molecule has 96 valence electrons. The van der Waals surface area contributed by atoms with Crippen LogP contribution in [0.3, 0.4) is 0 Å². The quantitative estimate of drug-likeness (QED) is 0.855. The number of rotatable bonds is 4. The zero-order chi connectivity index (χ0) is 13.1. The highest BCUT2D eigenvalue weighted by Gasteiger charge is 2.20. The van der Waals surface area contributed by atoms with E-state index in [0.717, 1.165) is 6.42 Å². The van der Waals surface area contributed by atoms with E-state index in [1.807, 2.05) is 0 Å². The largest absolute Gasteiger partial charge is 0.327 e. The first-order valence-corrected chi connectivity index (χ1v) is 6.01. The van der Waals surface area contributed by atoms with Crippen LogP contribution in [-0.2, 0) is 6.42 Å². The summed E-state index contributed by atoms with van der Waals surface area (Å²) in [7, 11) is 0. The van der Waals surface area contributed by atoms with Gasteiger partial charge in [0.1, 0.15) is 11.6 Å². The molecule has 0 spiro atoms. The highest BCUT2D eigenvalue weighted by molar-refractivity contribution is 5.19. The van der Waals surface area contributed by atoms with Crippen LogP contribution in [0.1, 0.15) is 39.2 Å². The van der Waals surface area contributed by atoms with E-state index in [2.05, 4.69) is 20.8 Å². The SMILES string of the molecule is CC(C)(C)C(N)CCCc1c(F)cccc1F. The fraction of sp³-hybridized carbons (Fsp3) is 0.571. The fourth-order valence-corrected chi connectivity index (χ4v) is 1.70. The summed E-state index contributed by atoms with van der Waals surface area (Å²) in [6.07, 6.45) is 1.88. The average Bonchev–Trinajstić information content (AvgIpc) is 2.20. The second-order valence-electron chi connectivity index (χ2n) is 5.56. The summed E-state index contributed by atoms with van der Waals surface area (Å²) in [5.41, 5.74) is 6.21. The van der Waals surface area contributed by atoms with Crippen LogP contribution in [0.15, 0.2) is 18.2 Å². The van der Waals surface area contributed by atoms with E-state index in [1.54, 1.807) is 0 Å². The van der Waals surface area contributed by atoms with Crippen molar-refractivity contribution < 1.29 is 8.78 Å². The van der Waals surface area contributed by atoms with Crippen molar-refractivity contribution in [3.8, 4) is 0 Å². The average molecular weight is 241 g/mol. The molecule has 0 fully saturated rings.